The Morgan fingerprint density at radius 2 is 2.03 bits per heavy atom. The third-order valence-electron chi connectivity index (χ3n) is 7.13. The maximum atomic E-state index is 12.7. The highest BCUT2D eigenvalue weighted by molar-refractivity contribution is 5.97. The lowest BCUT2D eigenvalue weighted by atomic mass is 9.84. The van der Waals surface area contributed by atoms with Crippen molar-refractivity contribution in [1.29, 1.82) is 5.26 Å². The van der Waals surface area contributed by atoms with E-state index in [2.05, 4.69) is 38.4 Å². The zero-order valence-corrected chi connectivity index (χ0v) is 19.5. The number of carbonyl (C=O) groups excluding carboxylic acids is 1. The quantitative estimate of drug-likeness (QED) is 0.579. The van der Waals surface area contributed by atoms with Gasteiger partial charge in [-0.2, -0.15) is 5.26 Å². The Bertz CT molecular complexity index is 1130. The average molecular weight is 464 g/mol. The number of aromatic amines is 1. The number of nitriles is 1. The molecular weight excluding hydrogens is 434 g/mol. The molecule has 2 N–H and O–H groups in total. The standard InChI is InChI=1S/C26H29N5O.ClH/c27-15-19-1-4-20-9-12-31(17-22(20)13-19)11-8-18-2-5-23(6-3-18)29-26(32)25-14-21-16-28-10-7-24(21)30-25;/h1,4,7,10,13-14,16,18,23,30H,2-3,5-6,8-9,11-12,17H2,(H,29,32);1H. The molecule has 1 aliphatic heterocycles. The topological polar surface area (TPSA) is 84.8 Å². The average Bonchev–Trinajstić information content (AvgIpc) is 3.28. The number of nitrogens with one attached hydrogen (secondary N) is 2. The van der Waals surface area contributed by atoms with E-state index in [-0.39, 0.29) is 24.4 Å². The highest BCUT2D eigenvalue weighted by Gasteiger charge is 2.24. The number of pyridine rings is 1. The Balaban J connectivity index is 0.00000259. The number of rotatable bonds is 5. The van der Waals surface area contributed by atoms with Gasteiger partial charge in [0, 0.05) is 42.4 Å². The van der Waals surface area contributed by atoms with Gasteiger partial charge < -0.3 is 10.3 Å². The van der Waals surface area contributed by atoms with Crippen molar-refractivity contribution >= 4 is 29.2 Å². The summed E-state index contributed by atoms with van der Waals surface area (Å²) < 4.78 is 0. The number of H-pyrrole nitrogens is 1. The number of nitrogens with zero attached hydrogens (tertiary/aromatic N) is 3. The Hall–Kier alpha value is -2.88. The molecule has 5 rings (SSSR count). The second kappa shape index (κ2) is 10.4. The van der Waals surface area contributed by atoms with E-state index in [0.29, 0.717) is 5.69 Å². The van der Waals surface area contributed by atoms with Crippen molar-refractivity contribution in [2.45, 2.75) is 51.1 Å². The summed E-state index contributed by atoms with van der Waals surface area (Å²) in [5, 5.41) is 13.3. The van der Waals surface area contributed by atoms with E-state index < -0.39 is 0 Å². The predicted octanol–water partition coefficient (Wildman–Crippen LogP) is 4.59. The Morgan fingerprint density at radius 1 is 1.18 bits per heavy atom. The van der Waals surface area contributed by atoms with E-state index in [0.717, 1.165) is 61.3 Å². The molecule has 3 aromatic rings. The van der Waals surface area contributed by atoms with Gasteiger partial charge in [-0.25, -0.2) is 0 Å². The molecule has 3 heterocycles. The van der Waals surface area contributed by atoms with Crippen LogP contribution in [0.5, 0.6) is 0 Å². The summed E-state index contributed by atoms with van der Waals surface area (Å²) in [6, 6.07) is 12.4. The number of halogens is 1. The largest absolute Gasteiger partial charge is 0.350 e. The Labute approximate surface area is 200 Å². The highest BCUT2D eigenvalue weighted by atomic mass is 35.5. The van der Waals surface area contributed by atoms with Gasteiger partial charge in [-0.3, -0.25) is 14.7 Å². The predicted molar refractivity (Wildman–Crippen MR) is 131 cm³/mol. The van der Waals surface area contributed by atoms with Gasteiger partial charge in [-0.15, -0.1) is 12.4 Å². The summed E-state index contributed by atoms with van der Waals surface area (Å²) in [6.07, 6.45) is 10.2. The molecule has 0 radical (unpaired) electrons. The molecule has 1 aromatic carbocycles. The summed E-state index contributed by atoms with van der Waals surface area (Å²) in [5.41, 5.74) is 5.02. The van der Waals surface area contributed by atoms with Crippen molar-refractivity contribution in [2.75, 3.05) is 13.1 Å². The second-order valence-corrected chi connectivity index (χ2v) is 9.25. The number of benzene rings is 1. The number of amides is 1. The van der Waals surface area contributed by atoms with Crippen LogP contribution in [-0.2, 0) is 13.0 Å². The van der Waals surface area contributed by atoms with Crippen molar-refractivity contribution in [2.24, 2.45) is 5.92 Å². The van der Waals surface area contributed by atoms with Gasteiger partial charge in [-0.05, 0) is 86.4 Å². The molecule has 0 unspecified atom stereocenters. The van der Waals surface area contributed by atoms with E-state index >= 15 is 0 Å². The lowest BCUT2D eigenvalue weighted by Gasteiger charge is -2.33. The van der Waals surface area contributed by atoms with Crippen molar-refractivity contribution in [3.63, 3.8) is 0 Å². The van der Waals surface area contributed by atoms with Gasteiger partial charge in [0.15, 0.2) is 0 Å². The van der Waals surface area contributed by atoms with Crippen molar-refractivity contribution in [3.8, 4) is 6.07 Å². The van der Waals surface area contributed by atoms with E-state index in [4.69, 9.17) is 5.26 Å². The molecule has 2 aliphatic rings. The highest BCUT2D eigenvalue weighted by Crippen LogP contribution is 2.28. The van der Waals surface area contributed by atoms with Gasteiger partial charge in [0.1, 0.15) is 5.69 Å². The number of aromatic nitrogens is 2. The molecule has 0 saturated heterocycles. The summed E-state index contributed by atoms with van der Waals surface area (Å²) in [4.78, 5) is 22.5. The molecule has 1 aliphatic carbocycles. The van der Waals surface area contributed by atoms with Crippen molar-refractivity contribution in [3.05, 3.63) is 65.1 Å². The zero-order valence-electron chi connectivity index (χ0n) is 18.7. The summed E-state index contributed by atoms with van der Waals surface area (Å²) in [7, 11) is 0. The smallest absolute Gasteiger partial charge is 0.267 e. The van der Waals surface area contributed by atoms with Gasteiger partial charge in [0.2, 0.25) is 0 Å². The van der Waals surface area contributed by atoms with Crippen molar-refractivity contribution < 1.29 is 4.79 Å². The fourth-order valence-electron chi connectivity index (χ4n) is 5.19. The summed E-state index contributed by atoms with van der Waals surface area (Å²) in [6.45, 7) is 3.17. The van der Waals surface area contributed by atoms with E-state index in [1.165, 1.54) is 30.4 Å². The van der Waals surface area contributed by atoms with Crippen LogP contribution < -0.4 is 5.32 Å². The molecule has 2 aromatic heterocycles. The van der Waals surface area contributed by atoms with Gasteiger partial charge >= 0.3 is 0 Å². The fraction of sp³-hybridized carbons (Fsp3) is 0.423. The maximum Gasteiger partial charge on any atom is 0.267 e. The number of hydrogen-bond donors (Lipinski definition) is 2. The van der Waals surface area contributed by atoms with Crippen LogP contribution in [0.4, 0.5) is 0 Å². The first-order valence-corrected chi connectivity index (χ1v) is 11.7. The monoisotopic (exact) mass is 463 g/mol. The number of carbonyl (C=O) groups is 1. The number of hydrogen-bond acceptors (Lipinski definition) is 4. The molecule has 0 atom stereocenters. The van der Waals surface area contributed by atoms with Crippen LogP contribution >= 0.6 is 12.4 Å². The minimum atomic E-state index is -0.0200. The maximum absolute atomic E-state index is 12.7. The first kappa shape index (κ1) is 23.3. The Kier molecular flexibility index (Phi) is 7.32. The van der Waals surface area contributed by atoms with Crippen LogP contribution in [0.3, 0.4) is 0 Å². The third-order valence-corrected chi connectivity index (χ3v) is 7.13. The van der Waals surface area contributed by atoms with Gasteiger partial charge in [-0.1, -0.05) is 6.07 Å². The van der Waals surface area contributed by atoms with Gasteiger partial charge in [0.05, 0.1) is 11.6 Å². The third kappa shape index (κ3) is 5.38. The van der Waals surface area contributed by atoms with E-state index in [1.54, 1.807) is 12.4 Å². The summed E-state index contributed by atoms with van der Waals surface area (Å²) in [5.74, 6) is 0.711. The minimum Gasteiger partial charge on any atom is -0.350 e. The van der Waals surface area contributed by atoms with Crippen LogP contribution in [0.1, 0.15) is 59.3 Å². The molecule has 172 valence electrons. The van der Waals surface area contributed by atoms with Crippen LogP contribution in [-0.4, -0.2) is 39.9 Å². The SMILES string of the molecule is Cl.N#Cc1ccc2c(c1)CN(CCC1CCC(NC(=O)c3cc4cnccc4[nH]3)CC1)CC2. The molecular formula is C26H30ClN5O. The molecule has 0 bridgehead atoms. The van der Waals surface area contributed by atoms with Crippen LogP contribution in [0.15, 0.2) is 42.7 Å². The molecule has 6 nitrogen and oxygen atoms in total. The summed E-state index contributed by atoms with van der Waals surface area (Å²) >= 11 is 0. The molecule has 1 fully saturated rings. The second-order valence-electron chi connectivity index (χ2n) is 9.25. The minimum absolute atomic E-state index is 0. The molecule has 1 amide bonds. The molecule has 1 saturated carbocycles. The number of fused-ring (bicyclic) bond motifs is 2. The fourth-order valence-corrected chi connectivity index (χ4v) is 5.19. The first-order valence-electron chi connectivity index (χ1n) is 11.7. The van der Waals surface area contributed by atoms with Crippen LogP contribution in [0.2, 0.25) is 0 Å². The molecule has 7 heteroatoms. The van der Waals surface area contributed by atoms with Gasteiger partial charge in [0.25, 0.3) is 5.91 Å². The molecule has 0 spiro atoms. The first-order chi connectivity index (χ1) is 15.7. The van der Waals surface area contributed by atoms with Crippen LogP contribution in [0, 0.1) is 17.2 Å². The van der Waals surface area contributed by atoms with Crippen molar-refractivity contribution in [1.82, 2.24) is 20.2 Å². The molecule has 33 heavy (non-hydrogen) atoms. The zero-order chi connectivity index (χ0) is 21.9. The Morgan fingerprint density at radius 3 is 2.82 bits per heavy atom. The normalized spacial score (nSPS) is 20.5. The lowest BCUT2D eigenvalue weighted by Crippen LogP contribution is -2.38. The van der Waals surface area contributed by atoms with E-state index in [1.807, 2.05) is 18.2 Å². The lowest BCUT2D eigenvalue weighted by molar-refractivity contribution is 0.0915. The van der Waals surface area contributed by atoms with E-state index in [9.17, 15) is 4.79 Å². The van der Waals surface area contributed by atoms with Crippen LogP contribution in [0.25, 0.3) is 10.9 Å².